The van der Waals surface area contributed by atoms with Gasteiger partial charge in [0.15, 0.2) is 0 Å². The van der Waals surface area contributed by atoms with Gasteiger partial charge in [0, 0.05) is 31.2 Å². The Morgan fingerprint density at radius 2 is 1.31 bits per heavy atom. The molecule has 0 radical (unpaired) electrons. The molecular weight excluding hydrogens is 596 g/mol. The lowest BCUT2D eigenvalue weighted by atomic mass is 10.0. The Labute approximate surface area is 223 Å². The second-order valence-corrected chi connectivity index (χ2v) is 8.97. The second kappa shape index (κ2) is 12.8. The van der Waals surface area contributed by atoms with Crippen LogP contribution < -0.4 is 10.9 Å². The van der Waals surface area contributed by atoms with E-state index in [0.717, 1.165) is 8.95 Å². The van der Waals surface area contributed by atoms with Crippen LogP contribution in [0.4, 0.5) is 0 Å². The van der Waals surface area contributed by atoms with Gasteiger partial charge < -0.3 is 9.84 Å². The number of esters is 1. The Morgan fingerprint density at radius 1 is 0.833 bits per heavy atom. The van der Waals surface area contributed by atoms with E-state index in [2.05, 4.69) is 52.9 Å². The molecule has 2 amide bonds. The number of rotatable bonds is 8. The number of aromatic hydroxyl groups is 1. The molecule has 0 unspecified atom stereocenters. The van der Waals surface area contributed by atoms with Crippen LogP contribution in [0, 0.1) is 0 Å². The molecular formula is C25H20Br2N4O5. The van der Waals surface area contributed by atoms with E-state index in [1.165, 1.54) is 24.6 Å². The number of hydrogen-bond donors (Lipinski definition) is 3. The van der Waals surface area contributed by atoms with Crippen LogP contribution in [-0.2, 0) is 4.74 Å². The minimum Gasteiger partial charge on any atom is -0.507 e. The van der Waals surface area contributed by atoms with Gasteiger partial charge in [-0.25, -0.2) is 15.6 Å². The van der Waals surface area contributed by atoms with E-state index >= 15 is 0 Å². The van der Waals surface area contributed by atoms with Crippen molar-refractivity contribution in [1.29, 1.82) is 0 Å². The van der Waals surface area contributed by atoms with Gasteiger partial charge in [-0.05, 0) is 55.5 Å². The Kier molecular flexibility index (Phi) is 9.48. The predicted octanol–water partition coefficient (Wildman–Crippen LogP) is 4.62. The second-order valence-electron chi connectivity index (χ2n) is 7.14. The van der Waals surface area contributed by atoms with Crippen molar-refractivity contribution in [3.8, 4) is 5.75 Å². The molecule has 184 valence electrons. The minimum absolute atomic E-state index is 0.120. The van der Waals surface area contributed by atoms with Gasteiger partial charge in [-0.15, -0.1) is 0 Å². The van der Waals surface area contributed by atoms with Crippen LogP contribution in [0.1, 0.15) is 49.1 Å². The van der Waals surface area contributed by atoms with E-state index in [9.17, 15) is 19.5 Å². The van der Waals surface area contributed by atoms with Crippen LogP contribution in [-0.4, -0.2) is 41.9 Å². The molecule has 0 aliphatic carbocycles. The van der Waals surface area contributed by atoms with Crippen LogP contribution in [0.15, 0.2) is 79.8 Å². The Bertz CT molecular complexity index is 1270. The molecule has 0 spiro atoms. The summed E-state index contributed by atoms with van der Waals surface area (Å²) in [5.41, 5.74) is 5.84. The summed E-state index contributed by atoms with van der Waals surface area (Å²) in [7, 11) is 0. The number of hydrazone groups is 2. The van der Waals surface area contributed by atoms with Crippen molar-refractivity contribution in [1.82, 2.24) is 10.9 Å². The Balaban J connectivity index is 1.82. The number of ether oxygens (including phenoxy) is 1. The highest BCUT2D eigenvalue weighted by atomic mass is 79.9. The molecule has 3 rings (SSSR count). The minimum atomic E-state index is -0.627. The monoisotopic (exact) mass is 614 g/mol. The summed E-state index contributed by atoms with van der Waals surface area (Å²) in [5, 5.41) is 18.5. The van der Waals surface area contributed by atoms with E-state index in [1.807, 2.05) is 0 Å². The molecule has 0 aliphatic heterocycles. The van der Waals surface area contributed by atoms with Gasteiger partial charge in [0.1, 0.15) is 5.75 Å². The van der Waals surface area contributed by atoms with Crippen LogP contribution in [0.2, 0.25) is 0 Å². The number of benzene rings is 3. The zero-order valence-corrected chi connectivity index (χ0v) is 22.0. The third-order valence-corrected chi connectivity index (χ3v) is 5.58. The van der Waals surface area contributed by atoms with Gasteiger partial charge in [0.25, 0.3) is 11.8 Å². The molecule has 0 aliphatic rings. The van der Waals surface area contributed by atoms with E-state index in [-0.39, 0.29) is 29.0 Å². The Hall–Kier alpha value is -3.83. The molecule has 3 aromatic carbocycles. The maximum absolute atomic E-state index is 12.3. The topological polar surface area (TPSA) is 129 Å². The van der Waals surface area contributed by atoms with Crippen LogP contribution in [0.25, 0.3) is 0 Å². The third-order valence-electron chi connectivity index (χ3n) is 4.59. The summed E-state index contributed by atoms with van der Waals surface area (Å²) in [6.45, 7) is 1.82. The fourth-order valence-electron chi connectivity index (χ4n) is 2.92. The molecule has 36 heavy (non-hydrogen) atoms. The first-order chi connectivity index (χ1) is 17.3. The number of nitrogens with one attached hydrogen (secondary N) is 2. The summed E-state index contributed by atoms with van der Waals surface area (Å²) < 4.78 is 6.51. The lowest BCUT2D eigenvalue weighted by Gasteiger charge is -2.08. The van der Waals surface area contributed by atoms with Crippen LogP contribution in [0.5, 0.6) is 5.75 Å². The SMILES string of the molecule is CCOC(=O)c1cc(C=NNC(=O)c2cccc(Br)c2)c(O)c(/C=N/NC(=O)c2cccc(Br)c2)c1. The molecule has 3 aromatic rings. The zero-order chi connectivity index (χ0) is 26.1. The third kappa shape index (κ3) is 7.33. The standard InChI is InChI=1S/C25H20Br2N4O5/c1-2-36-25(35)17-9-18(13-28-30-23(33)15-5-3-7-20(26)11-15)22(32)19(10-17)14-29-31-24(34)16-6-4-8-21(27)12-16/h3-14,32H,2H2,1H3,(H,30,33)(H,31,34)/b28-13+,29-14?. The number of phenols is 1. The first-order valence-electron chi connectivity index (χ1n) is 10.5. The van der Waals surface area contributed by atoms with Crippen molar-refractivity contribution in [2.75, 3.05) is 6.61 Å². The fraction of sp³-hybridized carbons (Fsp3) is 0.0800. The number of carbonyl (C=O) groups is 3. The molecule has 0 aromatic heterocycles. The lowest BCUT2D eigenvalue weighted by Crippen LogP contribution is -2.18. The number of nitrogens with zero attached hydrogens (tertiary/aromatic N) is 2. The van der Waals surface area contributed by atoms with E-state index in [4.69, 9.17) is 4.74 Å². The Morgan fingerprint density at radius 3 is 1.72 bits per heavy atom. The molecule has 3 N–H and O–H groups in total. The van der Waals surface area contributed by atoms with Crippen molar-refractivity contribution >= 4 is 62.1 Å². The first kappa shape index (κ1) is 26.8. The number of hydrogen-bond acceptors (Lipinski definition) is 7. The smallest absolute Gasteiger partial charge is 0.338 e. The number of phenolic OH excluding ortho intramolecular Hbond substituents is 1. The van der Waals surface area contributed by atoms with Crippen molar-refractivity contribution in [3.05, 3.63) is 97.4 Å². The van der Waals surface area contributed by atoms with Gasteiger partial charge >= 0.3 is 5.97 Å². The molecule has 9 nitrogen and oxygen atoms in total. The largest absolute Gasteiger partial charge is 0.507 e. The van der Waals surface area contributed by atoms with Crippen LogP contribution in [0.3, 0.4) is 0 Å². The summed E-state index contributed by atoms with van der Waals surface area (Å²) in [4.78, 5) is 36.9. The maximum Gasteiger partial charge on any atom is 0.338 e. The highest BCUT2D eigenvalue weighted by Gasteiger charge is 2.14. The molecule has 0 heterocycles. The van der Waals surface area contributed by atoms with Gasteiger partial charge in [-0.1, -0.05) is 44.0 Å². The summed E-state index contributed by atoms with van der Waals surface area (Å²) in [6, 6.07) is 16.2. The highest BCUT2D eigenvalue weighted by Crippen LogP contribution is 2.23. The molecule has 0 bridgehead atoms. The van der Waals surface area contributed by atoms with Crippen molar-refractivity contribution in [2.45, 2.75) is 6.92 Å². The summed E-state index contributed by atoms with van der Waals surface area (Å²) >= 11 is 6.59. The summed E-state index contributed by atoms with van der Waals surface area (Å²) in [6.07, 6.45) is 2.37. The first-order valence-corrected chi connectivity index (χ1v) is 12.1. The quantitative estimate of drug-likeness (QED) is 0.193. The van der Waals surface area contributed by atoms with Gasteiger partial charge in [-0.2, -0.15) is 10.2 Å². The summed E-state index contributed by atoms with van der Waals surface area (Å²) in [5.74, 6) is -1.83. The van der Waals surface area contributed by atoms with E-state index in [0.29, 0.717) is 11.1 Å². The van der Waals surface area contributed by atoms with Crippen molar-refractivity contribution in [3.63, 3.8) is 0 Å². The molecule has 0 fully saturated rings. The normalized spacial score (nSPS) is 11.0. The average molecular weight is 616 g/mol. The predicted molar refractivity (Wildman–Crippen MR) is 142 cm³/mol. The zero-order valence-electron chi connectivity index (χ0n) is 18.9. The van der Waals surface area contributed by atoms with E-state index in [1.54, 1.807) is 55.5 Å². The van der Waals surface area contributed by atoms with Gasteiger partial charge in [0.2, 0.25) is 0 Å². The fourth-order valence-corrected chi connectivity index (χ4v) is 3.72. The molecule has 0 saturated carbocycles. The lowest BCUT2D eigenvalue weighted by molar-refractivity contribution is 0.0526. The van der Waals surface area contributed by atoms with Gasteiger partial charge in [-0.3, -0.25) is 9.59 Å². The number of halogens is 2. The average Bonchev–Trinajstić information content (AvgIpc) is 2.85. The number of carbonyl (C=O) groups excluding carboxylic acids is 3. The molecule has 11 heteroatoms. The highest BCUT2D eigenvalue weighted by molar-refractivity contribution is 9.10. The maximum atomic E-state index is 12.3. The molecule has 0 saturated heterocycles. The van der Waals surface area contributed by atoms with E-state index < -0.39 is 17.8 Å². The molecule has 0 atom stereocenters. The van der Waals surface area contributed by atoms with Crippen LogP contribution >= 0.6 is 31.9 Å². The van der Waals surface area contributed by atoms with Crippen molar-refractivity contribution < 1.29 is 24.2 Å². The van der Waals surface area contributed by atoms with Gasteiger partial charge in [0.05, 0.1) is 24.6 Å². The van der Waals surface area contributed by atoms with Crippen molar-refractivity contribution in [2.24, 2.45) is 10.2 Å². The number of amides is 2.